The Labute approximate surface area is 102 Å². The van der Waals surface area contributed by atoms with Gasteiger partial charge in [-0.25, -0.2) is 4.98 Å². The summed E-state index contributed by atoms with van der Waals surface area (Å²) in [6.07, 6.45) is 0. The standard InChI is InChI=1S/C10H8Cl2N2S/c1-5-9(15-10(13)14-5)6-2-3-7(11)8(12)4-6/h2-4H,1H3,(H2,13,14). The third-order valence-corrected chi connectivity index (χ3v) is 3.77. The number of rotatable bonds is 1. The molecule has 1 aromatic carbocycles. The zero-order valence-electron chi connectivity index (χ0n) is 7.92. The summed E-state index contributed by atoms with van der Waals surface area (Å²) in [5.41, 5.74) is 7.54. The highest BCUT2D eigenvalue weighted by Gasteiger charge is 2.09. The minimum absolute atomic E-state index is 0.542. The number of thiazole rings is 1. The van der Waals surface area contributed by atoms with Crippen molar-refractivity contribution in [2.75, 3.05) is 5.73 Å². The molecule has 0 fully saturated rings. The molecule has 0 aliphatic carbocycles. The molecular formula is C10H8Cl2N2S. The fraction of sp³-hybridized carbons (Fsp3) is 0.100. The van der Waals surface area contributed by atoms with E-state index in [1.165, 1.54) is 11.3 Å². The number of anilines is 1. The zero-order valence-corrected chi connectivity index (χ0v) is 10.2. The van der Waals surface area contributed by atoms with Crippen LogP contribution in [-0.4, -0.2) is 4.98 Å². The highest BCUT2D eigenvalue weighted by Crippen LogP contribution is 2.34. The first-order valence-corrected chi connectivity index (χ1v) is 5.83. The predicted octanol–water partition coefficient (Wildman–Crippen LogP) is 4.01. The number of aromatic nitrogens is 1. The number of nitrogens with two attached hydrogens (primary N) is 1. The SMILES string of the molecule is Cc1nc(N)sc1-c1ccc(Cl)c(Cl)c1. The first-order chi connectivity index (χ1) is 7.08. The van der Waals surface area contributed by atoms with Crippen LogP contribution >= 0.6 is 34.5 Å². The molecule has 2 nitrogen and oxygen atoms in total. The van der Waals surface area contributed by atoms with Gasteiger partial charge in [-0.1, -0.05) is 40.6 Å². The van der Waals surface area contributed by atoms with E-state index in [0.717, 1.165) is 16.1 Å². The van der Waals surface area contributed by atoms with Crippen LogP contribution in [0, 0.1) is 6.92 Å². The molecule has 2 aromatic rings. The fourth-order valence-electron chi connectivity index (χ4n) is 1.32. The number of nitrogens with zero attached hydrogens (tertiary/aromatic N) is 1. The number of aryl methyl sites for hydroxylation is 1. The van der Waals surface area contributed by atoms with E-state index in [1.807, 2.05) is 19.1 Å². The van der Waals surface area contributed by atoms with Crippen molar-refractivity contribution >= 4 is 39.7 Å². The summed E-state index contributed by atoms with van der Waals surface area (Å²) in [6, 6.07) is 5.51. The van der Waals surface area contributed by atoms with Crippen LogP contribution in [0.15, 0.2) is 18.2 Å². The van der Waals surface area contributed by atoms with Crippen LogP contribution in [0.2, 0.25) is 10.0 Å². The van der Waals surface area contributed by atoms with Crippen molar-refractivity contribution in [2.24, 2.45) is 0 Å². The Morgan fingerprint density at radius 1 is 1.27 bits per heavy atom. The van der Waals surface area contributed by atoms with Crippen LogP contribution in [0.1, 0.15) is 5.69 Å². The molecule has 0 radical (unpaired) electrons. The Morgan fingerprint density at radius 3 is 2.53 bits per heavy atom. The Morgan fingerprint density at radius 2 is 2.00 bits per heavy atom. The summed E-state index contributed by atoms with van der Waals surface area (Å²) >= 11 is 13.2. The van der Waals surface area contributed by atoms with Gasteiger partial charge in [0, 0.05) is 0 Å². The third kappa shape index (κ3) is 2.09. The van der Waals surface area contributed by atoms with Gasteiger partial charge in [-0.3, -0.25) is 0 Å². The van der Waals surface area contributed by atoms with E-state index in [-0.39, 0.29) is 0 Å². The summed E-state index contributed by atoms with van der Waals surface area (Å²) in [6.45, 7) is 1.92. The molecule has 0 aliphatic rings. The van der Waals surface area contributed by atoms with Crippen molar-refractivity contribution in [3.05, 3.63) is 33.9 Å². The lowest BCUT2D eigenvalue weighted by Gasteiger charge is -2.00. The van der Waals surface area contributed by atoms with Gasteiger partial charge in [-0.2, -0.15) is 0 Å². The summed E-state index contributed by atoms with van der Waals surface area (Å²) in [4.78, 5) is 5.19. The normalized spacial score (nSPS) is 10.6. The van der Waals surface area contributed by atoms with E-state index in [4.69, 9.17) is 28.9 Å². The molecule has 0 amide bonds. The summed E-state index contributed by atoms with van der Waals surface area (Å²) in [7, 11) is 0. The first-order valence-electron chi connectivity index (χ1n) is 4.26. The van der Waals surface area contributed by atoms with Gasteiger partial charge in [0.05, 0.1) is 20.6 Å². The highest BCUT2D eigenvalue weighted by molar-refractivity contribution is 7.18. The third-order valence-electron chi connectivity index (χ3n) is 1.99. The van der Waals surface area contributed by atoms with E-state index in [1.54, 1.807) is 6.07 Å². The summed E-state index contributed by atoms with van der Waals surface area (Å²) in [5, 5.41) is 1.66. The Balaban J connectivity index is 2.54. The minimum Gasteiger partial charge on any atom is -0.375 e. The van der Waals surface area contributed by atoms with Gasteiger partial charge < -0.3 is 5.73 Å². The van der Waals surface area contributed by atoms with Crippen LogP contribution in [0.3, 0.4) is 0 Å². The molecule has 2 rings (SSSR count). The minimum atomic E-state index is 0.542. The zero-order chi connectivity index (χ0) is 11.0. The second-order valence-electron chi connectivity index (χ2n) is 3.10. The molecule has 0 spiro atoms. The van der Waals surface area contributed by atoms with Gasteiger partial charge in [0.2, 0.25) is 0 Å². The lowest BCUT2D eigenvalue weighted by Crippen LogP contribution is -1.81. The average Bonchev–Trinajstić information content (AvgIpc) is 2.50. The van der Waals surface area contributed by atoms with Gasteiger partial charge in [-0.05, 0) is 24.6 Å². The van der Waals surface area contributed by atoms with E-state index in [2.05, 4.69) is 4.98 Å². The highest BCUT2D eigenvalue weighted by atomic mass is 35.5. The molecule has 2 N–H and O–H groups in total. The maximum atomic E-state index is 5.94. The fourth-order valence-corrected chi connectivity index (χ4v) is 2.45. The van der Waals surface area contributed by atoms with Crippen LogP contribution in [0.5, 0.6) is 0 Å². The van der Waals surface area contributed by atoms with Crippen molar-refractivity contribution in [1.29, 1.82) is 0 Å². The molecule has 0 aliphatic heterocycles. The van der Waals surface area contributed by atoms with E-state index >= 15 is 0 Å². The van der Waals surface area contributed by atoms with E-state index in [9.17, 15) is 0 Å². The van der Waals surface area contributed by atoms with Crippen LogP contribution < -0.4 is 5.73 Å². The Bertz CT molecular complexity index is 508. The average molecular weight is 259 g/mol. The van der Waals surface area contributed by atoms with Crippen LogP contribution in [0.4, 0.5) is 5.13 Å². The molecule has 0 bridgehead atoms. The van der Waals surface area contributed by atoms with Crippen LogP contribution in [-0.2, 0) is 0 Å². The molecule has 5 heteroatoms. The van der Waals surface area contributed by atoms with E-state index in [0.29, 0.717) is 15.2 Å². The maximum absolute atomic E-state index is 5.94. The molecule has 1 heterocycles. The Kier molecular flexibility index (Phi) is 2.87. The number of halogens is 2. The molecule has 15 heavy (non-hydrogen) atoms. The van der Waals surface area contributed by atoms with Crippen molar-refractivity contribution in [3.8, 4) is 10.4 Å². The van der Waals surface area contributed by atoms with E-state index < -0.39 is 0 Å². The van der Waals surface area contributed by atoms with Crippen molar-refractivity contribution in [3.63, 3.8) is 0 Å². The van der Waals surface area contributed by atoms with Gasteiger partial charge in [0.1, 0.15) is 0 Å². The summed E-state index contributed by atoms with van der Waals surface area (Å²) < 4.78 is 0. The second-order valence-corrected chi connectivity index (χ2v) is 4.94. The van der Waals surface area contributed by atoms with Gasteiger partial charge in [-0.15, -0.1) is 0 Å². The quantitative estimate of drug-likeness (QED) is 0.840. The molecule has 78 valence electrons. The lowest BCUT2D eigenvalue weighted by atomic mass is 10.2. The first kappa shape index (κ1) is 10.7. The van der Waals surface area contributed by atoms with Crippen LogP contribution in [0.25, 0.3) is 10.4 Å². The topological polar surface area (TPSA) is 38.9 Å². The van der Waals surface area contributed by atoms with Gasteiger partial charge >= 0.3 is 0 Å². The number of hydrogen-bond donors (Lipinski definition) is 1. The number of nitrogen functional groups attached to an aromatic ring is 1. The molecular weight excluding hydrogens is 251 g/mol. The van der Waals surface area contributed by atoms with Gasteiger partial charge in [0.25, 0.3) is 0 Å². The monoisotopic (exact) mass is 258 g/mol. The van der Waals surface area contributed by atoms with Crippen molar-refractivity contribution < 1.29 is 0 Å². The van der Waals surface area contributed by atoms with Crippen molar-refractivity contribution in [1.82, 2.24) is 4.98 Å². The predicted molar refractivity (Wildman–Crippen MR) is 66.7 cm³/mol. The second kappa shape index (κ2) is 4.00. The molecule has 1 aromatic heterocycles. The Hall–Kier alpha value is -0.770. The van der Waals surface area contributed by atoms with Gasteiger partial charge in [0.15, 0.2) is 5.13 Å². The molecule has 0 saturated carbocycles. The smallest absolute Gasteiger partial charge is 0.180 e. The molecule has 0 saturated heterocycles. The number of hydrogen-bond acceptors (Lipinski definition) is 3. The largest absolute Gasteiger partial charge is 0.375 e. The maximum Gasteiger partial charge on any atom is 0.180 e. The van der Waals surface area contributed by atoms with Crippen molar-refractivity contribution in [2.45, 2.75) is 6.92 Å². The molecule has 0 atom stereocenters. The number of benzene rings is 1. The summed E-state index contributed by atoms with van der Waals surface area (Å²) in [5.74, 6) is 0. The lowest BCUT2D eigenvalue weighted by molar-refractivity contribution is 1.27. The molecule has 0 unspecified atom stereocenters.